The Morgan fingerprint density at radius 1 is 1.24 bits per heavy atom. The van der Waals surface area contributed by atoms with Crippen molar-refractivity contribution >= 4 is 29.3 Å². The zero-order chi connectivity index (χ0) is 27.3. The minimum absolute atomic E-state index is 0.162. The van der Waals surface area contributed by atoms with E-state index in [1.807, 2.05) is 26.8 Å². The molecule has 2 N–H and O–H groups in total. The Morgan fingerprint density at radius 2 is 2.05 bits per heavy atom. The maximum absolute atomic E-state index is 14.3. The molecule has 0 saturated carbocycles. The van der Waals surface area contributed by atoms with Crippen LogP contribution >= 0.6 is 0 Å². The number of nitrogens with one attached hydrogen (secondary N) is 2. The van der Waals surface area contributed by atoms with Gasteiger partial charge in [-0.15, -0.1) is 0 Å². The Bertz CT molecular complexity index is 1290. The topological polar surface area (TPSA) is 123 Å². The number of ether oxygens (including phenoxy) is 2. The second-order valence-electron chi connectivity index (χ2n) is 9.98. The minimum atomic E-state index is -0.555. The van der Waals surface area contributed by atoms with Crippen LogP contribution in [-0.2, 0) is 9.47 Å². The van der Waals surface area contributed by atoms with Crippen molar-refractivity contribution in [3.63, 3.8) is 0 Å². The molecule has 0 radical (unpaired) electrons. The molecule has 1 saturated heterocycles. The third-order valence-electron chi connectivity index (χ3n) is 5.95. The molecule has 1 atom stereocenters. The third kappa shape index (κ3) is 6.48. The van der Waals surface area contributed by atoms with Crippen molar-refractivity contribution in [3.8, 4) is 0 Å². The van der Waals surface area contributed by atoms with Crippen LogP contribution in [0.1, 0.15) is 68.9 Å². The highest BCUT2D eigenvalue weighted by atomic mass is 19.1. The van der Waals surface area contributed by atoms with Gasteiger partial charge >= 0.3 is 12.1 Å². The Balaban J connectivity index is 1.47. The number of anilines is 2. The van der Waals surface area contributed by atoms with Crippen molar-refractivity contribution < 1.29 is 23.5 Å². The Labute approximate surface area is 220 Å². The quantitative estimate of drug-likeness (QED) is 0.313. The molecule has 0 aromatic carbocycles. The van der Waals surface area contributed by atoms with Gasteiger partial charge in [0.05, 0.1) is 25.0 Å². The number of carbonyl (C=O) groups is 2. The van der Waals surface area contributed by atoms with Crippen LogP contribution in [0, 0.1) is 5.82 Å². The lowest BCUT2D eigenvalue weighted by molar-refractivity contribution is 0.0517. The number of alkyl carbamates (subject to hydrolysis) is 1. The summed E-state index contributed by atoms with van der Waals surface area (Å²) >= 11 is 0. The number of amides is 1. The number of pyridine rings is 1. The molecular weight excluding hydrogens is 493 g/mol. The lowest BCUT2D eigenvalue weighted by atomic mass is 10.0. The van der Waals surface area contributed by atoms with E-state index in [0.29, 0.717) is 48.9 Å². The number of fused-ring (bicyclic) bond motifs is 1. The molecule has 1 amide bonds. The molecule has 1 fully saturated rings. The number of nitrogens with zero attached hydrogens (tertiary/aromatic N) is 5. The van der Waals surface area contributed by atoms with E-state index in [4.69, 9.17) is 14.5 Å². The highest BCUT2D eigenvalue weighted by Crippen LogP contribution is 2.38. The summed E-state index contributed by atoms with van der Waals surface area (Å²) in [4.78, 5) is 35.3. The first-order valence-electron chi connectivity index (χ1n) is 12.8. The molecule has 11 nitrogen and oxygen atoms in total. The molecule has 38 heavy (non-hydrogen) atoms. The van der Waals surface area contributed by atoms with Crippen molar-refractivity contribution in [3.05, 3.63) is 47.7 Å². The summed E-state index contributed by atoms with van der Waals surface area (Å²) in [6.45, 7) is 9.09. The fourth-order valence-electron chi connectivity index (χ4n) is 4.39. The molecule has 0 aliphatic carbocycles. The summed E-state index contributed by atoms with van der Waals surface area (Å²) in [7, 11) is 0. The van der Waals surface area contributed by atoms with Crippen LogP contribution in [0.3, 0.4) is 0 Å². The zero-order valence-corrected chi connectivity index (χ0v) is 22.2. The Hall–Kier alpha value is -3.96. The normalized spacial score (nSPS) is 15.5. The van der Waals surface area contributed by atoms with Crippen molar-refractivity contribution in [1.82, 2.24) is 24.9 Å². The summed E-state index contributed by atoms with van der Waals surface area (Å²) in [5, 5.41) is 10.2. The monoisotopic (exact) mass is 527 g/mol. The van der Waals surface area contributed by atoms with Gasteiger partial charge in [-0.05, 0) is 59.1 Å². The van der Waals surface area contributed by atoms with Crippen LogP contribution in [0.2, 0.25) is 0 Å². The lowest BCUT2D eigenvalue weighted by Crippen LogP contribution is -2.33. The number of aromatic nitrogens is 4. The molecule has 3 aromatic rings. The number of carbonyl (C=O) groups excluding carboxylic acids is 2. The van der Waals surface area contributed by atoms with Crippen LogP contribution in [0.15, 0.2) is 30.7 Å². The van der Waals surface area contributed by atoms with E-state index in [2.05, 4.69) is 25.6 Å². The summed E-state index contributed by atoms with van der Waals surface area (Å²) in [6, 6.07) is 3.16. The number of hydrogen-bond donors (Lipinski definition) is 2. The predicted molar refractivity (Wildman–Crippen MR) is 140 cm³/mol. The van der Waals surface area contributed by atoms with Crippen molar-refractivity contribution in [1.29, 1.82) is 0 Å². The zero-order valence-electron chi connectivity index (χ0n) is 22.2. The molecule has 0 unspecified atom stereocenters. The average Bonchev–Trinajstić information content (AvgIpc) is 3.50. The largest absolute Gasteiger partial charge is 0.462 e. The maximum Gasteiger partial charge on any atom is 0.407 e. The van der Waals surface area contributed by atoms with E-state index in [0.717, 1.165) is 18.4 Å². The summed E-state index contributed by atoms with van der Waals surface area (Å²) in [5.41, 5.74) is 0.864. The van der Waals surface area contributed by atoms with Crippen LogP contribution < -0.4 is 15.5 Å². The molecule has 1 aliphatic rings. The first kappa shape index (κ1) is 27.1. The lowest BCUT2D eigenvalue weighted by Gasteiger charge is -2.27. The van der Waals surface area contributed by atoms with E-state index in [9.17, 15) is 14.0 Å². The Kier molecular flexibility index (Phi) is 8.28. The van der Waals surface area contributed by atoms with Gasteiger partial charge in [0.1, 0.15) is 28.6 Å². The van der Waals surface area contributed by atoms with Crippen molar-refractivity contribution in [2.75, 3.05) is 36.5 Å². The molecule has 1 aliphatic heterocycles. The molecule has 0 bridgehead atoms. The van der Waals surface area contributed by atoms with Gasteiger partial charge in [0.2, 0.25) is 0 Å². The van der Waals surface area contributed by atoms with Gasteiger partial charge in [-0.2, -0.15) is 5.10 Å². The van der Waals surface area contributed by atoms with E-state index in [-0.39, 0.29) is 12.6 Å². The maximum atomic E-state index is 14.3. The minimum Gasteiger partial charge on any atom is -0.462 e. The number of halogens is 1. The molecule has 0 spiro atoms. The summed E-state index contributed by atoms with van der Waals surface area (Å²) < 4.78 is 26.2. The van der Waals surface area contributed by atoms with Gasteiger partial charge in [0.25, 0.3) is 0 Å². The summed E-state index contributed by atoms with van der Waals surface area (Å²) in [5.74, 6) is 0.334. The number of rotatable bonds is 9. The third-order valence-corrected chi connectivity index (χ3v) is 5.95. The van der Waals surface area contributed by atoms with Crippen LogP contribution in [-0.4, -0.2) is 63.5 Å². The fraction of sp³-hybridized carbons (Fsp3) is 0.500. The smallest absolute Gasteiger partial charge is 0.407 e. The fourth-order valence-corrected chi connectivity index (χ4v) is 4.39. The highest BCUT2D eigenvalue weighted by molar-refractivity contribution is 5.95. The van der Waals surface area contributed by atoms with Gasteiger partial charge in [-0.25, -0.2) is 28.5 Å². The van der Waals surface area contributed by atoms with Crippen LogP contribution in [0.25, 0.3) is 5.65 Å². The second-order valence-corrected chi connectivity index (χ2v) is 9.98. The first-order valence-corrected chi connectivity index (χ1v) is 12.8. The van der Waals surface area contributed by atoms with Crippen molar-refractivity contribution in [2.45, 2.75) is 58.6 Å². The van der Waals surface area contributed by atoms with E-state index < -0.39 is 23.5 Å². The Morgan fingerprint density at radius 3 is 2.82 bits per heavy atom. The van der Waals surface area contributed by atoms with Gasteiger partial charge in [-0.1, -0.05) is 0 Å². The van der Waals surface area contributed by atoms with Gasteiger partial charge < -0.3 is 25.0 Å². The molecule has 12 heteroatoms. The highest BCUT2D eigenvalue weighted by Gasteiger charge is 2.30. The predicted octanol–water partition coefficient (Wildman–Crippen LogP) is 4.11. The molecule has 3 aromatic heterocycles. The number of hydrogen-bond acceptors (Lipinski definition) is 9. The van der Waals surface area contributed by atoms with Gasteiger partial charge in [-0.3, -0.25) is 0 Å². The number of esters is 1. The van der Waals surface area contributed by atoms with Gasteiger partial charge in [0.15, 0.2) is 5.65 Å². The van der Waals surface area contributed by atoms with Crippen LogP contribution in [0.4, 0.5) is 20.8 Å². The average molecular weight is 528 g/mol. The molecule has 4 rings (SSSR count). The van der Waals surface area contributed by atoms with E-state index in [1.54, 1.807) is 13.1 Å². The van der Waals surface area contributed by atoms with Crippen LogP contribution in [0.5, 0.6) is 0 Å². The SMILES string of the molecule is CCOC(=O)c1cnn2ccc(N3CCC[C@@H]3c3cc(F)cnc3NCCCNC(=O)OC(C)(C)C)nc12. The van der Waals surface area contributed by atoms with Crippen molar-refractivity contribution in [2.24, 2.45) is 0 Å². The first-order chi connectivity index (χ1) is 18.2. The molecule has 204 valence electrons. The molecular formula is C26H34FN7O4. The van der Waals surface area contributed by atoms with Gasteiger partial charge in [0, 0.05) is 31.4 Å². The molecule has 4 heterocycles. The second kappa shape index (κ2) is 11.6. The summed E-state index contributed by atoms with van der Waals surface area (Å²) in [6.07, 6.45) is 6.22. The standard InChI is InChI=1S/C26H34FN7O4/c1-5-37-24(35)19-16-31-34-13-9-21(32-23(19)34)33-12-6-8-20(33)18-14-17(27)15-30-22(18)28-10-7-11-29-25(36)38-26(2,3)4/h9,13-16,20H,5-8,10-12H2,1-4H3,(H,28,30)(H,29,36)/t20-/m1/s1. The van der Waals surface area contributed by atoms with E-state index >= 15 is 0 Å². The van der Waals surface area contributed by atoms with E-state index in [1.165, 1.54) is 23.0 Å².